The molecule has 1 aliphatic carbocycles. The van der Waals surface area contributed by atoms with E-state index in [2.05, 4.69) is 24.1 Å². The molecule has 0 aromatic heterocycles. The summed E-state index contributed by atoms with van der Waals surface area (Å²) < 4.78 is 12.1. The molecule has 3 heterocycles. The summed E-state index contributed by atoms with van der Waals surface area (Å²) in [6, 6.07) is 5.67. The van der Waals surface area contributed by atoms with Gasteiger partial charge >= 0.3 is 0 Å². The monoisotopic (exact) mass is 467 g/mol. The molecule has 7 heteroatoms. The summed E-state index contributed by atoms with van der Waals surface area (Å²) in [6.07, 6.45) is 8.19. The Balaban J connectivity index is 1.23. The first-order valence-electron chi connectivity index (χ1n) is 12.8. The summed E-state index contributed by atoms with van der Waals surface area (Å²) in [7, 11) is 0. The number of hydrogen-bond donors (Lipinski definition) is 2. The standard InChI is InChI=1S/C27H37N3O4/c1-18-7-10-23(25(31)29-18)30-16-19-15-20(8-9-21(19)26(30)32)34-24-6-4-3-5-22(24)28-17-27(2)11-13-33-14-12-27/h8-9,15,22-24,28H,1,3-7,10-14,16-17H2,2H3,(H,29,31)/t22-,23?,24+/m0/s1. The second-order valence-corrected chi connectivity index (χ2v) is 10.8. The van der Waals surface area contributed by atoms with E-state index in [0.29, 0.717) is 31.0 Å². The third-order valence-corrected chi connectivity index (χ3v) is 8.09. The molecule has 5 rings (SSSR count). The van der Waals surface area contributed by atoms with Crippen LogP contribution >= 0.6 is 0 Å². The summed E-state index contributed by atoms with van der Waals surface area (Å²) >= 11 is 0. The largest absolute Gasteiger partial charge is 0.489 e. The van der Waals surface area contributed by atoms with E-state index >= 15 is 0 Å². The number of piperidine rings is 1. The predicted octanol–water partition coefficient (Wildman–Crippen LogP) is 3.53. The van der Waals surface area contributed by atoms with Crippen LogP contribution in [0.5, 0.6) is 5.75 Å². The zero-order valence-electron chi connectivity index (χ0n) is 20.2. The van der Waals surface area contributed by atoms with Crippen molar-refractivity contribution in [3.63, 3.8) is 0 Å². The third kappa shape index (κ3) is 4.86. The van der Waals surface area contributed by atoms with Crippen molar-refractivity contribution in [1.82, 2.24) is 15.5 Å². The number of nitrogens with zero attached hydrogens (tertiary/aromatic N) is 1. The molecule has 3 fully saturated rings. The maximum absolute atomic E-state index is 13.0. The molecule has 34 heavy (non-hydrogen) atoms. The molecule has 184 valence electrons. The van der Waals surface area contributed by atoms with Crippen molar-refractivity contribution < 1.29 is 19.1 Å². The minimum atomic E-state index is -0.437. The summed E-state index contributed by atoms with van der Waals surface area (Å²) in [5.41, 5.74) is 2.63. The molecule has 1 saturated carbocycles. The minimum absolute atomic E-state index is 0.0730. The lowest BCUT2D eigenvalue weighted by Gasteiger charge is -2.38. The van der Waals surface area contributed by atoms with Gasteiger partial charge in [-0.25, -0.2) is 0 Å². The molecule has 3 aliphatic heterocycles. The molecule has 3 atom stereocenters. The van der Waals surface area contributed by atoms with Crippen LogP contribution in [-0.4, -0.2) is 54.7 Å². The van der Waals surface area contributed by atoms with Gasteiger partial charge in [0, 0.05) is 43.6 Å². The van der Waals surface area contributed by atoms with Crippen LogP contribution in [0, 0.1) is 5.41 Å². The summed E-state index contributed by atoms with van der Waals surface area (Å²) in [5, 5.41) is 6.62. The lowest BCUT2D eigenvalue weighted by Crippen LogP contribution is -2.49. The Kier molecular flexibility index (Phi) is 6.67. The Morgan fingerprint density at radius 2 is 2.00 bits per heavy atom. The molecule has 1 unspecified atom stereocenters. The van der Waals surface area contributed by atoms with E-state index in [1.165, 1.54) is 12.8 Å². The van der Waals surface area contributed by atoms with Gasteiger partial charge < -0.3 is 25.0 Å². The Labute approximate surface area is 202 Å². The van der Waals surface area contributed by atoms with Crippen LogP contribution in [0.2, 0.25) is 0 Å². The van der Waals surface area contributed by atoms with Gasteiger partial charge in [0.25, 0.3) is 5.91 Å². The van der Waals surface area contributed by atoms with Crippen LogP contribution in [0.4, 0.5) is 0 Å². The number of nitrogens with one attached hydrogen (secondary N) is 2. The van der Waals surface area contributed by atoms with Crippen molar-refractivity contribution in [3.8, 4) is 5.75 Å². The van der Waals surface area contributed by atoms with Crippen molar-refractivity contribution in [1.29, 1.82) is 0 Å². The predicted molar refractivity (Wildman–Crippen MR) is 129 cm³/mol. The van der Waals surface area contributed by atoms with Crippen LogP contribution in [0.25, 0.3) is 0 Å². The number of amides is 2. The maximum atomic E-state index is 13.0. The lowest BCUT2D eigenvalue weighted by molar-refractivity contribution is -0.126. The Hall–Kier alpha value is -2.38. The highest BCUT2D eigenvalue weighted by Gasteiger charge is 2.38. The van der Waals surface area contributed by atoms with Gasteiger partial charge in [0.1, 0.15) is 17.9 Å². The van der Waals surface area contributed by atoms with E-state index in [-0.39, 0.29) is 23.3 Å². The van der Waals surface area contributed by atoms with Crippen LogP contribution in [-0.2, 0) is 16.1 Å². The molecule has 7 nitrogen and oxygen atoms in total. The maximum Gasteiger partial charge on any atom is 0.255 e. The van der Waals surface area contributed by atoms with Crippen molar-refractivity contribution in [2.75, 3.05) is 19.8 Å². The van der Waals surface area contributed by atoms with Crippen molar-refractivity contribution >= 4 is 11.8 Å². The number of carbonyl (C=O) groups excluding carboxylic acids is 2. The van der Waals surface area contributed by atoms with E-state index in [0.717, 1.165) is 62.5 Å². The number of hydrogen-bond acceptors (Lipinski definition) is 5. The van der Waals surface area contributed by atoms with Crippen LogP contribution in [0.3, 0.4) is 0 Å². The first-order chi connectivity index (χ1) is 16.4. The van der Waals surface area contributed by atoms with Gasteiger partial charge in [0.15, 0.2) is 0 Å². The van der Waals surface area contributed by atoms with E-state index in [9.17, 15) is 9.59 Å². The highest BCUT2D eigenvalue weighted by atomic mass is 16.5. The number of benzene rings is 1. The molecule has 1 aromatic carbocycles. The van der Waals surface area contributed by atoms with Gasteiger partial charge in [-0.15, -0.1) is 0 Å². The molecule has 4 aliphatic rings. The molecule has 2 saturated heterocycles. The highest BCUT2D eigenvalue weighted by Crippen LogP contribution is 2.33. The van der Waals surface area contributed by atoms with Gasteiger partial charge in [-0.3, -0.25) is 9.59 Å². The SMILES string of the molecule is C=C1CCC(N2Cc3cc(O[C@@H]4CCCC[C@@H]4NCC4(C)CCOCC4)ccc3C2=O)C(=O)N1. The topological polar surface area (TPSA) is 79.9 Å². The molecule has 0 radical (unpaired) electrons. The Bertz CT molecular complexity index is 955. The Morgan fingerprint density at radius 3 is 2.79 bits per heavy atom. The molecule has 0 spiro atoms. The van der Waals surface area contributed by atoms with Crippen LogP contribution in [0.1, 0.15) is 74.2 Å². The Morgan fingerprint density at radius 1 is 1.21 bits per heavy atom. The average Bonchev–Trinajstić information content (AvgIpc) is 3.14. The number of carbonyl (C=O) groups is 2. The summed E-state index contributed by atoms with van der Waals surface area (Å²) in [5.74, 6) is 0.602. The normalized spacial score (nSPS) is 29.0. The van der Waals surface area contributed by atoms with Crippen molar-refractivity contribution in [2.45, 2.75) is 83.0 Å². The van der Waals surface area contributed by atoms with Gasteiger partial charge in [0.05, 0.1) is 0 Å². The second-order valence-electron chi connectivity index (χ2n) is 10.8. The average molecular weight is 468 g/mol. The van der Waals surface area contributed by atoms with Crippen LogP contribution < -0.4 is 15.4 Å². The molecular formula is C27H37N3O4. The smallest absolute Gasteiger partial charge is 0.255 e. The van der Waals surface area contributed by atoms with Gasteiger partial charge in [-0.2, -0.15) is 0 Å². The summed E-state index contributed by atoms with van der Waals surface area (Å²) in [4.78, 5) is 27.1. The van der Waals surface area contributed by atoms with E-state index in [1.54, 1.807) is 4.90 Å². The van der Waals surface area contributed by atoms with Gasteiger partial charge in [-0.1, -0.05) is 19.9 Å². The fraction of sp³-hybridized carbons (Fsp3) is 0.630. The first kappa shape index (κ1) is 23.4. The van der Waals surface area contributed by atoms with Gasteiger partial charge in [0.2, 0.25) is 5.91 Å². The van der Waals surface area contributed by atoms with E-state index in [4.69, 9.17) is 9.47 Å². The summed E-state index contributed by atoms with van der Waals surface area (Å²) in [6.45, 7) is 9.33. The molecule has 2 N–H and O–H groups in total. The van der Waals surface area contributed by atoms with Gasteiger partial charge in [-0.05, 0) is 74.1 Å². The molecule has 0 bridgehead atoms. The number of allylic oxidation sites excluding steroid dienone is 1. The van der Waals surface area contributed by atoms with E-state index in [1.807, 2.05) is 18.2 Å². The molecule has 1 aromatic rings. The van der Waals surface area contributed by atoms with Crippen molar-refractivity contribution in [3.05, 3.63) is 41.6 Å². The molecule has 2 amide bonds. The number of fused-ring (bicyclic) bond motifs is 1. The molecular weight excluding hydrogens is 430 g/mol. The number of ether oxygens (including phenoxy) is 2. The lowest BCUT2D eigenvalue weighted by atomic mass is 9.81. The zero-order valence-corrected chi connectivity index (χ0v) is 20.2. The zero-order chi connectivity index (χ0) is 23.7. The first-order valence-corrected chi connectivity index (χ1v) is 12.8. The quantitative estimate of drug-likeness (QED) is 0.669. The van der Waals surface area contributed by atoms with Crippen LogP contribution in [0.15, 0.2) is 30.5 Å². The fourth-order valence-electron chi connectivity index (χ4n) is 5.77. The van der Waals surface area contributed by atoms with Crippen molar-refractivity contribution in [2.24, 2.45) is 5.41 Å². The van der Waals surface area contributed by atoms with E-state index < -0.39 is 6.04 Å². The highest BCUT2D eigenvalue weighted by molar-refractivity contribution is 6.01. The third-order valence-electron chi connectivity index (χ3n) is 8.09. The minimum Gasteiger partial charge on any atom is -0.489 e. The fourth-order valence-corrected chi connectivity index (χ4v) is 5.77. The number of rotatable bonds is 6. The second kappa shape index (κ2) is 9.70.